The second kappa shape index (κ2) is 10.0. The Labute approximate surface area is 129 Å². The van der Waals surface area contributed by atoms with Gasteiger partial charge in [0.15, 0.2) is 0 Å². The van der Waals surface area contributed by atoms with E-state index in [4.69, 9.17) is 19.0 Å². The monoisotopic (exact) mass is 312 g/mol. The van der Waals surface area contributed by atoms with Gasteiger partial charge in [-0.3, -0.25) is 0 Å². The fourth-order valence-electron chi connectivity index (χ4n) is 2.29. The van der Waals surface area contributed by atoms with E-state index in [1.165, 1.54) is 5.56 Å². The maximum atomic E-state index is 5.87. The van der Waals surface area contributed by atoms with E-state index >= 15 is 0 Å². The topological polar surface area (TPSA) is 65.7 Å². The predicted octanol–water partition coefficient (Wildman–Crippen LogP) is 1.62. The number of nitrogens with one attached hydrogen (secondary N) is 1. The van der Waals surface area contributed by atoms with Gasteiger partial charge < -0.3 is 24.3 Å². The number of rotatable bonds is 11. The maximum Gasteiger partial charge on any atom is 0.500 e. The molecule has 1 aromatic rings. The van der Waals surface area contributed by atoms with Crippen LogP contribution >= 0.6 is 0 Å². The van der Waals surface area contributed by atoms with Gasteiger partial charge in [0.25, 0.3) is 0 Å². The quantitative estimate of drug-likeness (QED) is 0.480. The zero-order valence-corrected chi connectivity index (χ0v) is 14.3. The summed E-state index contributed by atoms with van der Waals surface area (Å²) in [7, 11) is 2.38. The molecule has 120 valence electrons. The zero-order valence-electron chi connectivity index (χ0n) is 13.3. The van der Waals surface area contributed by atoms with Gasteiger partial charge in [-0.1, -0.05) is 30.3 Å². The van der Waals surface area contributed by atoms with Crippen molar-refractivity contribution in [3.05, 3.63) is 35.9 Å². The first-order valence-electron chi connectivity index (χ1n) is 7.30. The first-order valence-corrected chi connectivity index (χ1v) is 9.23. The van der Waals surface area contributed by atoms with Gasteiger partial charge in [0.1, 0.15) is 0 Å². The van der Waals surface area contributed by atoms with Crippen molar-refractivity contribution >= 4 is 8.80 Å². The lowest BCUT2D eigenvalue weighted by atomic mass is 10.1. The van der Waals surface area contributed by atoms with E-state index in [-0.39, 0.29) is 0 Å². The molecule has 0 aliphatic rings. The Hall–Kier alpha value is -0.763. The normalized spacial score (nSPS) is 13.3. The van der Waals surface area contributed by atoms with Crippen molar-refractivity contribution < 1.29 is 13.3 Å². The minimum atomic E-state index is -2.53. The summed E-state index contributed by atoms with van der Waals surface area (Å²) in [6, 6.07) is 11.1. The molecule has 0 heterocycles. The Morgan fingerprint density at radius 1 is 1.10 bits per heavy atom. The summed E-state index contributed by atoms with van der Waals surface area (Å²) < 4.78 is 16.4. The highest BCUT2D eigenvalue weighted by molar-refractivity contribution is 6.60. The molecular formula is C15H28N2O3Si. The molecule has 0 fully saturated rings. The first-order chi connectivity index (χ1) is 10.2. The first kappa shape index (κ1) is 18.3. The van der Waals surface area contributed by atoms with E-state index in [1.807, 2.05) is 6.07 Å². The van der Waals surface area contributed by atoms with Crippen LogP contribution in [0.5, 0.6) is 0 Å². The second-order valence-electron chi connectivity index (χ2n) is 5.05. The molecule has 1 unspecified atom stereocenters. The van der Waals surface area contributed by atoms with Gasteiger partial charge in [0.2, 0.25) is 0 Å². The van der Waals surface area contributed by atoms with Crippen molar-refractivity contribution in [2.45, 2.75) is 19.0 Å². The van der Waals surface area contributed by atoms with Gasteiger partial charge in [-0.2, -0.15) is 0 Å². The van der Waals surface area contributed by atoms with E-state index in [1.54, 1.807) is 21.3 Å². The molecular weight excluding hydrogens is 284 g/mol. The molecule has 21 heavy (non-hydrogen) atoms. The molecule has 0 saturated carbocycles. The van der Waals surface area contributed by atoms with E-state index in [0.29, 0.717) is 12.5 Å². The molecule has 0 radical (unpaired) electrons. The van der Waals surface area contributed by atoms with Crippen LogP contribution < -0.4 is 11.1 Å². The highest BCUT2D eigenvalue weighted by Gasteiger charge is 2.39. The Morgan fingerprint density at radius 2 is 1.71 bits per heavy atom. The van der Waals surface area contributed by atoms with Crippen molar-refractivity contribution in [3.8, 4) is 0 Å². The van der Waals surface area contributed by atoms with Gasteiger partial charge in [-0.15, -0.1) is 0 Å². The van der Waals surface area contributed by atoms with E-state index in [0.717, 1.165) is 25.6 Å². The fourth-order valence-corrected chi connectivity index (χ4v) is 4.37. The lowest BCUT2D eigenvalue weighted by molar-refractivity contribution is 0.117. The van der Waals surface area contributed by atoms with Crippen molar-refractivity contribution in [2.75, 3.05) is 34.4 Å². The summed E-state index contributed by atoms with van der Waals surface area (Å²) in [5, 5.41) is 3.44. The molecule has 0 saturated heterocycles. The van der Waals surface area contributed by atoms with Crippen LogP contribution in [0.1, 0.15) is 12.0 Å². The Bertz CT molecular complexity index is 366. The van der Waals surface area contributed by atoms with Crippen LogP contribution in [0.15, 0.2) is 30.3 Å². The Morgan fingerprint density at radius 3 is 2.24 bits per heavy atom. The highest BCUT2D eigenvalue weighted by Crippen LogP contribution is 2.21. The van der Waals surface area contributed by atoms with E-state index in [2.05, 4.69) is 29.6 Å². The van der Waals surface area contributed by atoms with Gasteiger partial charge in [-0.25, -0.2) is 0 Å². The Kier molecular flexibility index (Phi) is 8.75. The lowest BCUT2D eigenvalue weighted by Crippen LogP contribution is -2.45. The van der Waals surface area contributed by atoms with Crippen LogP contribution in [0.2, 0.25) is 6.04 Å². The van der Waals surface area contributed by atoms with Crippen molar-refractivity contribution in [1.82, 2.24) is 5.32 Å². The van der Waals surface area contributed by atoms with Gasteiger partial charge in [0, 0.05) is 33.9 Å². The molecule has 5 nitrogen and oxygen atoms in total. The van der Waals surface area contributed by atoms with E-state index in [9.17, 15) is 0 Å². The molecule has 1 rings (SSSR count). The Balaban J connectivity index is 2.34. The van der Waals surface area contributed by atoms with Crippen molar-refractivity contribution in [1.29, 1.82) is 0 Å². The molecule has 3 N–H and O–H groups in total. The second-order valence-corrected chi connectivity index (χ2v) is 8.05. The average Bonchev–Trinajstić information content (AvgIpc) is 2.56. The van der Waals surface area contributed by atoms with Crippen molar-refractivity contribution in [3.63, 3.8) is 0 Å². The van der Waals surface area contributed by atoms with Crippen LogP contribution in [0.25, 0.3) is 0 Å². The van der Waals surface area contributed by atoms with Crippen LogP contribution in [0.3, 0.4) is 0 Å². The third-order valence-corrected chi connectivity index (χ3v) is 6.65. The standard InChI is InChI=1S/C15H28N2O3Si/c1-18-21(19-2,20-3)13-15(11-16)9-10-17-12-14-7-5-4-6-8-14/h4-8,15,17H,9-13,16H2,1-3H3. The van der Waals surface area contributed by atoms with Crippen molar-refractivity contribution in [2.24, 2.45) is 11.7 Å². The molecule has 0 bridgehead atoms. The molecule has 0 spiro atoms. The minimum Gasteiger partial charge on any atom is -0.377 e. The lowest BCUT2D eigenvalue weighted by Gasteiger charge is -2.28. The molecule has 0 aromatic heterocycles. The smallest absolute Gasteiger partial charge is 0.377 e. The van der Waals surface area contributed by atoms with Gasteiger partial charge in [0.05, 0.1) is 0 Å². The summed E-state index contributed by atoms with van der Waals surface area (Å²) in [5.74, 6) is 0.333. The predicted molar refractivity (Wildman–Crippen MR) is 86.9 cm³/mol. The van der Waals surface area contributed by atoms with Gasteiger partial charge >= 0.3 is 8.80 Å². The molecule has 0 aliphatic carbocycles. The minimum absolute atomic E-state index is 0.333. The SMILES string of the molecule is CO[Si](CC(CN)CCNCc1ccccc1)(OC)OC. The van der Waals surface area contributed by atoms with Crippen LogP contribution in [0, 0.1) is 5.92 Å². The van der Waals surface area contributed by atoms with Crippen LogP contribution in [-0.4, -0.2) is 43.2 Å². The number of hydrogen-bond acceptors (Lipinski definition) is 5. The number of nitrogens with two attached hydrogens (primary N) is 1. The summed E-state index contributed by atoms with van der Waals surface area (Å²) >= 11 is 0. The third kappa shape index (κ3) is 6.25. The number of hydrogen-bond donors (Lipinski definition) is 2. The number of benzene rings is 1. The largest absolute Gasteiger partial charge is 0.500 e. The third-order valence-electron chi connectivity index (χ3n) is 3.71. The summed E-state index contributed by atoms with van der Waals surface area (Å²) in [4.78, 5) is 0. The molecule has 6 heteroatoms. The summed E-state index contributed by atoms with van der Waals surface area (Å²) in [5.41, 5.74) is 7.15. The summed E-state index contributed by atoms with van der Waals surface area (Å²) in [6.07, 6.45) is 0.980. The molecule has 0 amide bonds. The molecule has 0 aliphatic heterocycles. The van der Waals surface area contributed by atoms with Crippen LogP contribution in [0.4, 0.5) is 0 Å². The fraction of sp³-hybridized carbons (Fsp3) is 0.600. The zero-order chi connectivity index (χ0) is 15.6. The highest BCUT2D eigenvalue weighted by atomic mass is 28.4. The van der Waals surface area contributed by atoms with E-state index < -0.39 is 8.80 Å². The van der Waals surface area contributed by atoms with Gasteiger partial charge in [-0.05, 0) is 31.0 Å². The average molecular weight is 312 g/mol. The molecule has 1 atom stereocenters. The molecule has 1 aromatic carbocycles. The summed E-state index contributed by atoms with van der Waals surface area (Å²) in [6.45, 7) is 2.40. The van der Waals surface area contributed by atoms with Crippen LogP contribution in [-0.2, 0) is 19.8 Å². The maximum absolute atomic E-state index is 5.87.